The van der Waals surface area contributed by atoms with Crippen LogP contribution in [-0.4, -0.2) is 61.9 Å². The fourth-order valence-electron chi connectivity index (χ4n) is 4.96. The van der Waals surface area contributed by atoms with Gasteiger partial charge in [0.25, 0.3) is 0 Å². The molecule has 0 spiro atoms. The summed E-state index contributed by atoms with van der Waals surface area (Å²) in [5, 5.41) is 3.85. The standard InChI is InChI=1S/C30H34Cl2N4O2/c1-21(37)33-28-17-23(22-9-5-4-6-10-22)11-13-25(28)29(19-35-15-7-8-16-35)36(30(38)20-34(2)3)24-12-14-26(31)27(32)18-24/h4-6,9-14,17-18,29H,7-8,15-16,19-20H2,1-3H3,(H,33,37). The van der Waals surface area contributed by atoms with Crippen molar-refractivity contribution in [2.24, 2.45) is 0 Å². The number of rotatable bonds is 9. The molecule has 3 aromatic rings. The summed E-state index contributed by atoms with van der Waals surface area (Å²) in [6.07, 6.45) is 2.24. The highest BCUT2D eigenvalue weighted by atomic mass is 35.5. The molecule has 3 aromatic carbocycles. The minimum atomic E-state index is -0.371. The molecule has 0 bridgehead atoms. The number of nitrogens with zero attached hydrogens (tertiary/aromatic N) is 3. The Morgan fingerprint density at radius 3 is 2.26 bits per heavy atom. The maximum Gasteiger partial charge on any atom is 0.241 e. The molecule has 2 amide bonds. The second-order valence-corrected chi connectivity index (χ2v) is 10.8. The van der Waals surface area contributed by atoms with E-state index in [1.807, 2.05) is 72.4 Å². The first-order valence-electron chi connectivity index (χ1n) is 12.8. The monoisotopic (exact) mass is 552 g/mol. The molecule has 0 aromatic heterocycles. The lowest BCUT2D eigenvalue weighted by molar-refractivity contribution is -0.119. The minimum absolute atomic E-state index is 0.0708. The molecular weight excluding hydrogens is 519 g/mol. The number of likely N-dealkylation sites (N-methyl/N-ethyl adjacent to an activating group) is 1. The number of amides is 2. The predicted molar refractivity (Wildman–Crippen MR) is 157 cm³/mol. The van der Waals surface area contributed by atoms with Crippen LogP contribution in [0.4, 0.5) is 11.4 Å². The quantitative estimate of drug-likeness (QED) is 0.336. The largest absolute Gasteiger partial charge is 0.326 e. The molecule has 200 valence electrons. The van der Waals surface area contributed by atoms with Crippen LogP contribution >= 0.6 is 23.2 Å². The van der Waals surface area contributed by atoms with Gasteiger partial charge in [-0.15, -0.1) is 0 Å². The SMILES string of the molecule is CC(=O)Nc1cc(-c2ccccc2)ccc1C(CN1CCCC1)N(C(=O)CN(C)C)c1ccc(Cl)c(Cl)c1. The van der Waals surface area contributed by atoms with E-state index in [0.29, 0.717) is 28.0 Å². The van der Waals surface area contributed by atoms with Crippen LogP contribution in [0.5, 0.6) is 0 Å². The molecule has 0 aliphatic carbocycles. The zero-order valence-corrected chi connectivity index (χ0v) is 23.6. The van der Waals surface area contributed by atoms with Crippen LogP contribution in [0.3, 0.4) is 0 Å². The Labute approximate surface area is 235 Å². The van der Waals surface area contributed by atoms with Gasteiger partial charge in [0.2, 0.25) is 11.8 Å². The number of nitrogens with one attached hydrogen (secondary N) is 1. The summed E-state index contributed by atoms with van der Waals surface area (Å²) in [5.74, 6) is -0.240. The highest BCUT2D eigenvalue weighted by Crippen LogP contribution is 2.38. The number of benzene rings is 3. The van der Waals surface area contributed by atoms with Crippen molar-refractivity contribution in [1.29, 1.82) is 0 Å². The third kappa shape index (κ3) is 6.94. The summed E-state index contributed by atoms with van der Waals surface area (Å²) in [4.78, 5) is 32.2. The molecule has 0 saturated carbocycles. The van der Waals surface area contributed by atoms with Gasteiger partial charge in [0.05, 0.1) is 22.6 Å². The number of halogens is 2. The van der Waals surface area contributed by atoms with Crippen LogP contribution in [0.15, 0.2) is 66.7 Å². The van der Waals surface area contributed by atoms with Crippen molar-refractivity contribution in [3.05, 3.63) is 82.3 Å². The Kier molecular flexibility index (Phi) is 9.44. The van der Waals surface area contributed by atoms with Crippen LogP contribution in [0.25, 0.3) is 11.1 Å². The average Bonchev–Trinajstić information content (AvgIpc) is 3.39. The Hall–Kier alpha value is -2.90. The molecule has 4 rings (SSSR count). The number of anilines is 2. The van der Waals surface area contributed by atoms with Crippen LogP contribution in [0.2, 0.25) is 10.0 Å². The summed E-state index contributed by atoms with van der Waals surface area (Å²) in [7, 11) is 3.75. The van der Waals surface area contributed by atoms with Crippen molar-refractivity contribution in [3.8, 4) is 11.1 Å². The molecule has 1 unspecified atom stereocenters. The Bertz CT molecular complexity index is 1280. The lowest BCUT2D eigenvalue weighted by Crippen LogP contribution is -2.44. The Balaban J connectivity index is 1.88. The van der Waals surface area contributed by atoms with Gasteiger partial charge in [0.15, 0.2) is 0 Å². The normalized spacial score (nSPS) is 14.5. The lowest BCUT2D eigenvalue weighted by Gasteiger charge is -2.36. The molecular formula is C30H34Cl2N4O2. The fourth-order valence-corrected chi connectivity index (χ4v) is 5.26. The number of hydrogen-bond donors (Lipinski definition) is 1. The van der Waals surface area contributed by atoms with Crippen molar-refractivity contribution in [2.75, 3.05) is 50.5 Å². The highest BCUT2D eigenvalue weighted by molar-refractivity contribution is 6.42. The van der Waals surface area contributed by atoms with Gasteiger partial charge in [-0.05, 0) is 81.0 Å². The maximum absolute atomic E-state index is 13.9. The van der Waals surface area contributed by atoms with E-state index >= 15 is 0 Å². The molecule has 1 saturated heterocycles. The van der Waals surface area contributed by atoms with E-state index in [9.17, 15) is 9.59 Å². The molecule has 0 radical (unpaired) electrons. The number of likely N-dealkylation sites (tertiary alicyclic amines) is 1. The molecule has 1 aliphatic heterocycles. The summed E-state index contributed by atoms with van der Waals surface area (Å²) in [6, 6.07) is 21.0. The summed E-state index contributed by atoms with van der Waals surface area (Å²) in [5.41, 5.74) is 4.25. The second-order valence-electron chi connectivity index (χ2n) is 9.97. The first-order valence-corrected chi connectivity index (χ1v) is 13.6. The molecule has 1 aliphatic rings. The fraction of sp³-hybridized carbons (Fsp3) is 0.333. The van der Waals surface area contributed by atoms with Crippen LogP contribution in [-0.2, 0) is 9.59 Å². The Morgan fingerprint density at radius 1 is 0.921 bits per heavy atom. The van der Waals surface area contributed by atoms with Gasteiger partial charge in [-0.2, -0.15) is 0 Å². The summed E-state index contributed by atoms with van der Waals surface area (Å²) >= 11 is 12.7. The van der Waals surface area contributed by atoms with E-state index in [4.69, 9.17) is 23.2 Å². The maximum atomic E-state index is 13.9. The predicted octanol–water partition coefficient (Wildman–Crippen LogP) is 6.35. The first kappa shape index (κ1) is 28.1. The lowest BCUT2D eigenvalue weighted by atomic mass is 9.96. The van der Waals surface area contributed by atoms with Crippen LogP contribution in [0.1, 0.15) is 31.4 Å². The van der Waals surface area contributed by atoms with E-state index in [2.05, 4.69) is 16.3 Å². The molecule has 1 fully saturated rings. The average molecular weight is 554 g/mol. The van der Waals surface area contributed by atoms with Gasteiger partial charge in [0, 0.05) is 24.8 Å². The summed E-state index contributed by atoms with van der Waals surface area (Å²) in [6.45, 7) is 4.27. The zero-order valence-electron chi connectivity index (χ0n) is 22.1. The molecule has 1 N–H and O–H groups in total. The van der Waals surface area contributed by atoms with Gasteiger partial charge >= 0.3 is 0 Å². The number of carbonyl (C=O) groups excluding carboxylic acids is 2. The summed E-state index contributed by atoms with van der Waals surface area (Å²) < 4.78 is 0. The van der Waals surface area contributed by atoms with Gasteiger partial charge < -0.3 is 20.0 Å². The molecule has 1 heterocycles. The van der Waals surface area contributed by atoms with Crippen molar-refractivity contribution >= 4 is 46.4 Å². The second kappa shape index (κ2) is 12.8. The Morgan fingerprint density at radius 2 is 1.63 bits per heavy atom. The third-order valence-electron chi connectivity index (χ3n) is 6.67. The molecule has 38 heavy (non-hydrogen) atoms. The van der Waals surface area contributed by atoms with Crippen molar-refractivity contribution in [3.63, 3.8) is 0 Å². The van der Waals surface area contributed by atoms with Gasteiger partial charge in [-0.3, -0.25) is 9.59 Å². The molecule has 8 heteroatoms. The van der Waals surface area contributed by atoms with Crippen LogP contribution < -0.4 is 10.2 Å². The topological polar surface area (TPSA) is 55.9 Å². The van der Waals surface area contributed by atoms with E-state index in [0.717, 1.165) is 42.6 Å². The van der Waals surface area contributed by atoms with Crippen molar-refractivity contribution < 1.29 is 9.59 Å². The third-order valence-corrected chi connectivity index (χ3v) is 7.41. The molecule has 6 nitrogen and oxygen atoms in total. The van der Waals surface area contributed by atoms with Gasteiger partial charge in [0.1, 0.15) is 0 Å². The van der Waals surface area contributed by atoms with Crippen molar-refractivity contribution in [1.82, 2.24) is 9.80 Å². The first-order chi connectivity index (χ1) is 18.2. The zero-order chi connectivity index (χ0) is 27.2. The minimum Gasteiger partial charge on any atom is -0.326 e. The number of hydrogen-bond acceptors (Lipinski definition) is 4. The van der Waals surface area contributed by atoms with Crippen LogP contribution in [0, 0.1) is 0 Å². The molecule has 1 atom stereocenters. The van der Waals surface area contributed by atoms with E-state index in [1.54, 1.807) is 12.1 Å². The van der Waals surface area contributed by atoms with E-state index in [1.165, 1.54) is 6.92 Å². The van der Waals surface area contributed by atoms with E-state index in [-0.39, 0.29) is 24.4 Å². The smallest absolute Gasteiger partial charge is 0.241 e. The van der Waals surface area contributed by atoms with E-state index < -0.39 is 0 Å². The van der Waals surface area contributed by atoms with Crippen molar-refractivity contribution in [2.45, 2.75) is 25.8 Å². The number of carbonyl (C=O) groups is 2. The van der Waals surface area contributed by atoms with Gasteiger partial charge in [-0.25, -0.2) is 0 Å². The van der Waals surface area contributed by atoms with Gasteiger partial charge in [-0.1, -0.05) is 65.7 Å². The highest BCUT2D eigenvalue weighted by Gasteiger charge is 2.32.